The number of hydroxylamine groups is 1. The van der Waals surface area contributed by atoms with E-state index in [4.69, 9.17) is 23.7 Å². The van der Waals surface area contributed by atoms with Crippen LogP contribution < -0.4 is 29.2 Å². The molecule has 1 saturated heterocycles. The smallest absolute Gasteiger partial charge is 0.279 e. The van der Waals surface area contributed by atoms with E-state index in [0.717, 1.165) is 28.4 Å². The van der Waals surface area contributed by atoms with Crippen LogP contribution in [0.2, 0.25) is 0 Å². The Bertz CT molecular complexity index is 1320. The SMILES string of the molecule is COc1ccc(OC)c(-c2ccc(OC3CCN(S(=O)c4ccc(OC)c(OC)c4C(=O)NO)CC3)cc2)c1. The van der Waals surface area contributed by atoms with Crippen LogP contribution >= 0.6 is 0 Å². The van der Waals surface area contributed by atoms with Crippen molar-refractivity contribution >= 4 is 16.9 Å². The number of methoxy groups -OCH3 is 4. The van der Waals surface area contributed by atoms with Crippen molar-refractivity contribution in [2.24, 2.45) is 0 Å². The molecule has 1 fully saturated rings. The van der Waals surface area contributed by atoms with Gasteiger partial charge in [0.25, 0.3) is 5.91 Å². The highest BCUT2D eigenvalue weighted by molar-refractivity contribution is 7.82. The van der Waals surface area contributed by atoms with Gasteiger partial charge in [0.1, 0.15) is 39.9 Å². The van der Waals surface area contributed by atoms with Gasteiger partial charge >= 0.3 is 0 Å². The first-order valence-electron chi connectivity index (χ1n) is 12.3. The highest BCUT2D eigenvalue weighted by Gasteiger charge is 2.30. The van der Waals surface area contributed by atoms with Gasteiger partial charge in [0.15, 0.2) is 11.5 Å². The third-order valence-electron chi connectivity index (χ3n) is 6.53. The number of nitrogens with one attached hydrogen (secondary N) is 1. The zero-order chi connectivity index (χ0) is 27.9. The minimum atomic E-state index is -1.67. The standard InChI is InChI=1S/C28H32N2O8S/c1-34-21-9-10-23(35-2)22(17-21)18-5-7-19(8-6-18)38-20-13-15-30(16-14-20)39(33)25-12-11-24(36-3)27(37-4)26(25)28(31)29-32/h5-12,17,20,32H,13-16H2,1-4H3,(H,29,31). The molecule has 10 nitrogen and oxygen atoms in total. The second-order valence-electron chi connectivity index (χ2n) is 8.70. The van der Waals surface area contributed by atoms with E-state index < -0.39 is 16.9 Å². The zero-order valence-electron chi connectivity index (χ0n) is 22.3. The molecule has 0 bridgehead atoms. The van der Waals surface area contributed by atoms with Gasteiger partial charge in [0, 0.05) is 18.7 Å². The summed E-state index contributed by atoms with van der Waals surface area (Å²) in [6.45, 7) is 0.982. The monoisotopic (exact) mass is 556 g/mol. The molecular weight excluding hydrogens is 524 g/mol. The minimum Gasteiger partial charge on any atom is -0.497 e. The zero-order valence-corrected chi connectivity index (χ0v) is 23.1. The molecule has 3 aromatic rings. The lowest BCUT2D eigenvalue weighted by molar-refractivity contribution is 0.0698. The van der Waals surface area contributed by atoms with Gasteiger partial charge in [0.05, 0.1) is 33.3 Å². The normalized spacial score (nSPS) is 14.8. The summed E-state index contributed by atoms with van der Waals surface area (Å²) >= 11 is 0. The fourth-order valence-corrected chi connectivity index (χ4v) is 5.89. The first-order valence-corrected chi connectivity index (χ1v) is 13.4. The Kier molecular flexibility index (Phi) is 9.28. The molecule has 1 aliphatic heterocycles. The Hall–Kier alpha value is -3.80. The molecule has 0 saturated carbocycles. The molecule has 1 unspecified atom stereocenters. The van der Waals surface area contributed by atoms with Crippen LogP contribution in [0, 0.1) is 0 Å². The first-order chi connectivity index (χ1) is 18.9. The first kappa shape index (κ1) is 28.2. The van der Waals surface area contributed by atoms with Gasteiger partial charge in [-0.15, -0.1) is 0 Å². The molecule has 1 atom stereocenters. The molecule has 4 rings (SSSR count). The van der Waals surface area contributed by atoms with Crippen molar-refractivity contribution in [1.82, 2.24) is 9.79 Å². The van der Waals surface area contributed by atoms with E-state index in [2.05, 4.69) is 0 Å². The molecule has 1 heterocycles. The van der Waals surface area contributed by atoms with Gasteiger partial charge in [0.2, 0.25) is 0 Å². The number of hydrogen-bond acceptors (Lipinski definition) is 8. The Morgan fingerprint density at radius 3 is 2.10 bits per heavy atom. The number of carbonyl (C=O) groups excluding carboxylic acids is 1. The molecule has 2 N–H and O–H groups in total. The van der Waals surface area contributed by atoms with Crippen molar-refractivity contribution in [3.05, 3.63) is 60.2 Å². The molecule has 0 radical (unpaired) electrons. The third-order valence-corrected chi connectivity index (χ3v) is 8.08. The largest absolute Gasteiger partial charge is 0.497 e. The van der Waals surface area contributed by atoms with E-state index in [1.54, 1.807) is 36.1 Å². The number of nitrogens with zero attached hydrogens (tertiary/aromatic N) is 1. The predicted molar refractivity (Wildman–Crippen MR) is 145 cm³/mol. The summed E-state index contributed by atoms with van der Waals surface area (Å²) in [5, 5.41) is 9.26. The minimum absolute atomic E-state index is 0.0381. The van der Waals surface area contributed by atoms with Crippen LogP contribution in [0.1, 0.15) is 23.2 Å². The van der Waals surface area contributed by atoms with Gasteiger partial charge < -0.3 is 23.7 Å². The summed E-state index contributed by atoms with van der Waals surface area (Å²) < 4.78 is 42.9. The third kappa shape index (κ3) is 6.11. The Balaban J connectivity index is 1.43. The van der Waals surface area contributed by atoms with Gasteiger partial charge in [-0.05, 0) is 60.9 Å². The summed E-state index contributed by atoms with van der Waals surface area (Å²) in [6, 6.07) is 16.6. The molecule has 1 amide bonds. The van der Waals surface area contributed by atoms with E-state index in [9.17, 15) is 14.2 Å². The number of rotatable bonds is 10. The lowest BCUT2D eigenvalue weighted by atomic mass is 10.0. The van der Waals surface area contributed by atoms with E-state index in [0.29, 0.717) is 31.7 Å². The fraction of sp³-hybridized carbons (Fsp3) is 0.321. The van der Waals surface area contributed by atoms with E-state index in [1.165, 1.54) is 14.2 Å². The maximum absolute atomic E-state index is 13.5. The number of ether oxygens (including phenoxy) is 5. The van der Waals surface area contributed by atoms with Gasteiger partial charge in [-0.2, -0.15) is 0 Å². The molecule has 1 aliphatic rings. The summed E-state index contributed by atoms with van der Waals surface area (Å²) in [4.78, 5) is 12.6. The lowest BCUT2D eigenvalue weighted by Gasteiger charge is -2.31. The predicted octanol–water partition coefficient (Wildman–Crippen LogP) is 4.07. The maximum Gasteiger partial charge on any atom is 0.279 e. The van der Waals surface area contributed by atoms with Gasteiger partial charge in [-0.1, -0.05) is 12.1 Å². The second-order valence-corrected chi connectivity index (χ2v) is 10.2. The van der Waals surface area contributed by atoms with Crippen molar-refractivity contribution in [3.8, 4) is 39.9 Å². The van der Waals surface area contributed by atoms with Crippen LogP contribution in [0.25, 0.3) is 11.1 Å². The summed E-state index contributed by atoms with van der Waals surface area (Å²) in [6.07, 6.45) is 1.24. The van der Waals surface area contributed by atoms with E-state index in [1.807, 2.05) is 42.5 Å². The van der Waals surface area contributed by atoms with Crippen LogP contribution in [0.5, 0.6) is 28.7 Å². The van der Waals surface area contributed by atoms with Crippen LogP contribution in [0.4, 0.5) is 0 Å². The van der Waals surface area contributed by atoms with Crippen molar-refractivity contribution < 1.29 is 37.9 Å². The van der Waals surface area contributed by atoms with Crippen LogP contribution in [0.3, 0.4) is 0 Å². The Morgan fingerprint density at radius 2 is 1.51 bits per heavy atom. The Morgan fingerprint density at radius 1 is 0.872 bits per heavy atom. The highest BCUT2D eigenvalue weighted by atomic mass is 32.2. The maximum atomic E-state index is 13.5. The fourth-order valence-electron chi connectivity index (χ4n) is 4.53. The lowest BCUT2D eigenvalue weighted by Crippen LogP contribution is -2.39. The highest BCUT2D eigenvalue weighted by Crippen LogP contribution is 2.37. The van der Waals surface area contributed by atoms with Gasteiger partial charge in [-0.25, -0.2) is 14.0 Å². The number of amides is 1. The van der Waals surface area contributed by atoms with E-state index >= 15 is 0 Å². The Labute approximate surface area is 229 Å². The van der Waals surface area contributed by atoms with Crippen molar-refractivity contribution in [2.45, 2.75) is 23.8 Å². The molecular formula is C28H32N2O8S. The number of carbonyl (C=O) groups is 1. The van der Waals surface area contributed by atoms with Gasteiger partial charge in [-0.3, -0.25) is 10.0 Å². The average molecular weight is 557 g/mol. The van der Waals surface area contributed by atoms with E-state index in [-0.39, 0.29) is 22.3 Å². The van der Waals surface area contributed by atoms with Crippen LogP contribution in [-0.4, -0.2) is 67.3 Å². The number of hydrogen-bond donors (Lipinski definition) is 2. The van der Waals surface area contributed by atoms with Crippen molar-refractivity contribution in [1.29, 1.82) is 0 Å². The molecule has 208 valence electrons. The number of benzene rings is 3. The number of piperidine rings is 1. The quantitative estimate of drug-likeness (QED) is 0.284. The van der Waals surface area contributed by atoms with Crippen LogP contribution in [0.15, 0.2) is 59.5 Å². The molecule has 0 aliphatic carbocycles. The summed E-state index contributed by atoms with van der Waals surface area (Å²) in [5.74, 6) is 1.79. The molecule has 39 heavy (non-hydrogen) atoms. The van der Waals surface area contributed by atoms with Crippen LogP contribution in [-0.2, 0) is 11.0 Å². The molecule has 0 spiro atoms. The average Bonchev–Trinajstić information content (AvgIpc) is 2.99. The molecule has 3 aromatic carbocycles. The second kappa shape index (κ2) is 12.8. The molecule has 11 heteroatoms. The topological polar surface area (TPSA) is 116 Å². The summed E-state index contributed by atoms with van der Waals surface area (Å²) in [5.41, 5.74) is 3.46. The van der Waals surface area contributed by atoms with Crippen molar-refractivity contribution in [2.75, 3.05) is 41.5 Å². The molecule has 0 aromatic heterocycles. The van der Waals surface area contributed by atoms with Crippen molar-refractivity contribution in [3.63, 3.8) is 0 Å². The summed E-state index contributed by atoms with van der Waals surface area (Å²) in [7, 11) is 4.40.